The van der Waals surface area contributed by atoms with Crippen molar-refractivity contribution in [3.05, 3.63) is 21.5 Å². The van der Waals surface area contributed by atoms with Gasteiger partial charge >= 0.3 is 103 Å². The van der Waals surface area contributed by atoms with Crippen LogP contribution in [-0.4, -0.2) is 0 Å². The SMILES string of the molecule is I[I-]I.[Zr][C]1=CC=CC1. The van der Waals surface area contributed by atoms with Gasteiger partial charge in [0.1, 0.15) is 0 Å². The van der Waals surface area contributed by atoms with Crippen LogP contribution in [0.5, 0.6) is 0 Å². The molecule has 0 aliphatic heterocycles. The van der Waals surface area contributed by atoms with Crippen molar-refractivity contribution in [2.75, 3.05) is 0 Å². The van der Waals surface area contributed by atoms with E-state index in [0.29, 0.717) is 13.3 Å². The molecule has 0 bridgehead atoms. The van der Waals surface area contributed by atoms with Crippen molar-refractivity contribution in [2.45, 2.75) is 6.42 Å². The summed E-state index contributed by atoms with van der Waals surface area (Å²) in [7, 11) is 0. The van der Waals surface area contributed by atoms with Crippen molar-refractivity contribution in [3.8, 4) is 0 Å². The summed E-state index contributed by atoms with van der Waals surface area (Å²) in [6.45, 7) is 0. The molecule has 0 atom stereocenters. The van der Waals surface area contributed by atoms with Crippen LogP contribution in [0.15, 0.2) is 21.5 Å². The molecule has 0 N–H and O–H groups in total. The maximum atomic E-state index is 2.39. The van der Waals surface area contributed by atoms with Gasteiger partial charge in [0.05, 0.1) is 0 Å². The zero-order chi connectivity index (χ0) is 7.11. The van der Waals surface area contributed by atoms with Gasteiger partial charge in [-0.05, 0) is 0 Å². The van der Waals surface area contributed by atoms with Gasteiger partial charge in [0, 0.05) is 0 Å². The Morgan fingerprint density at radius 1 is 1.56 bits per heavy atom. The molecule has 0 unspecified atom stereocenters. The summed E-state index contributed by atoms with van der Waals surface area (Å²) in [5.41, 5.74) is 0. The molecule has 0 nitrogen and oxygen atoms in total. The molecule has 0 aromatic heterocycles. The predicted octanol–water partition coefficient (Wildman–Crippen LogP) is 0.152. The van der Waals surface area contributed by atoms with Crippen LogP contribution in [0.3, 0.4) is 0 Å². The Hall–Kier alpha value is 2.55. The monoisotopic (exact) mass is 536 g/mol. The number of rotatable bonds is 0. The van der Waals surface area contributed by atoms with E-state index in [9.17, 15) is 0 Å². The van der Waals surface area contributed by atoms with Crippen LogP contribution in [0, 0.1) is 0 Å². The Morgan fingerprint density at radius 3 is 2.22 bits per heavy atom. The van der Waals surface area contributed by atoms with Gasteiger partial charge in [0.15, 0.2) is 0 Å². The predicted molar refractivity (Wildman–Crippen MR) is 49.9 cm³/mol. The van der Waals surface area contributed by atoms with Crippen molar-refractivity contribution < 1.29 is 38.0 Å². The summed E-state index contributed by atoms with van der Waals surface area (Å²) in [5, 5.41) is 0. The van der Waals surface area contributed by atoms with Gasteiger partial charge in [0.25, 0.3) is 0 Å². The van der Waals surface area contributed by atoms with E-state index in [1.165, 1.54) is 6.42 Å². The Kier molecular flexibility index (Phi) is 11.1. The maximum absolute atomic E-state index is 2.39. The second kappa shape index (κ2) is 8.65. The molecule has 0 aromatic rings. The van der Waals surface area contributed by atoms with E-state index in [0.717, 1.165) is 0 Å². The van der Waals surface area contributed by atoms with E-state index >= 15 is 0 Å². The summed E-state index contributed by atoms with van der Waals surface area (Å²) in [5.74, 6) is 0. The van der Waals surface area contributed by atoms with Gasteiger partial charge in [-0.2, -0.15) is 0 Å². The first-order valence-electron chi connectivity index (χ1n) is 2.25. The molecular formula is C5H5I3Zr-. The van der Waals surface area contributed by atoms with Crippen molar-refractivity contribution in [1.82, 2.24) is 0 Å². The summed E-state index contributed by atoms with van der Waals surface area (Å²) in [6.07, 6.45) is 7.69. The first-order valence-corrected chi connectivity index (χ1v) is 16.1. The number of halogens is 3. The molecule has 0 heterocycles. The van der Waals surface area contributed by atoms with E-state index in [1.54, 1.807) is 28.0 Å². The van der Waals surface area contributed by atoms with Crippen LogP contribution in [0.1, 0.15) is 6.42 Å². The van der Waals surface area contributed by atoms with Gasteiger partial charge < -0.3 is 0 Å². The Bertz CT molecular complexity index is 119. The third-order valence-corrected chi connectivity index (χ3v) is 1.68. The standard InChI is InChI=1S/C5H5.I3.Zr/c1-2-4-5-3-1;1-3-2;/h1-3H,4H2;;/q;-1;. The molecule has 0 saturated carbocycles. The Labute approximate surface area is 101 Å². The van der Waals surface area contributed by atoms with Crippen molar-refractivity contribution >= 4 is 37.2 Å². The normalized spacial score (nSPS) is 14.6. The average Bonchev–Trinajstić information content (AvgIpc) is 2.20. The molecule has 1 aliphatic rings. The summed E-state index contributed by atoms with van der Waals surface area (Å²) < 4.78 is 1.56. The topological polar surface area (TPSA) is 0 Å². The number of hydrogen-bond acceptors (Lipinski definition) is 0. The summed E-state index contributed by atoms with van der Waals surface area (Å²) in [4.78, 5) is 0. The first-order chi connectivity index (χ1) is 4.31. The van der Waals surface area contributed by atoms with Crippen molar-refractivity contribution in [2.24, 2.45) is 0 Å². The van der Waals surface area contributed by atoms with Crippen molar-refractivity contribution in [1.29, 1.82) is 0 Å². The Morgan fingerprint density at radius 2 is 2.11 bits per heavy atom. The van der Waals surface area contributed by atoms with Crippen LogP contribution >= 0.6 is 37.2 Å². The van der Waals surface area contributed by atoms with E-state index in [2.05, 4.69) is 55.5 Å². The molecule has 1 aliphatic carbocycles. The van der Waals surface area contributed by atoms with Crippen LogP contribution in [0.2, 0.25) is 0 Å². The molecule has 0 radical (unpaired) electrons. The van der Waals surface area contributed by atoms with Crippen LogP contribution in [-0.2, 0) is 24.7 Å². The molecule has 1 rings (SSSR count). The molecule has 4 heteroatoms. The zero-order valence-corrected chi connectivity index (χ0v) is 13.5. The molecule has 0 amide bonds. The molecule has 0 fully saturated rings. The van der Waals surface area contributed by atoms with Gasteiger partial charge in [-0.3, -0.25) is 0 Å². The summed E-state index contributed by atoms with van der Waals surface area (Å²) >= 11 is 6.86. The fourth-order valence-electron chi connectivity index (χ4n) is 0.447. The van der Waals surface area contributed by atoms with E-state index in [-0.39, 0.29) is 0 Å². The fourth-order valence-corrected chi connectivity index (χ4v) is 0.973. The van der Waals surface area contributed by atoms with Crippen LogP contribution in [0.4, 0.5) is 0 Å². The molecule has 0 aromatic carbocycles. The minimum absolute atomic E-state index is 0.530. The third-order valence-electron chi connectivity index (χ3n) is 0.771. The quantitative estimate of drug-likeness (QED) is 0.387. The molecule has 9 heavy (non-hydrogen) atoms. The molecule has 51 valence electrons. The van der Waals surface area contributed by atoms with Gasteiger partial charge in [0.2, 0.25) is 0 Å². The number of hydrogen-bond donors (Lipinski definition) is 0. The molecule has 0 saturated heterocycles. The average molecular weight is 537 g/mol. The Balaban J connectivity index is 0.000000187. The van der Waals surface area contributed by atoms with Crippen molar-refractivity contribution in [3.63, 3.8) is 0 Å². The molecular weight excluding hydrogens is 532 g/mol. The van der Waals surface area contributed by atoms with E-state index < -0.39 is 0 Å². The first kappa shape index (κ1) is 11.6. The van der Waals surface area contributed by atoms with E-state index in [4.69, 9.17) is 0 Å². The fraction of sp³-hybridized carbons (Fsp3) is 0.200. The molecule has 0 spiro atoms. The second-order valence-corrected chi connectivity index (χ2v) is 19.2. The van der Waals surface area contributed by atoms with Gasteiger partial charge in [-0.1, -0.05) is 0 Å². The summed E-state index contributed by atoms with van der Waals surface area (Å²) in [6, 6.07) is 0. The van der Waals surface area contributed by atoms with Crippen LogP contribution < -0.4 is 13.3 Å². The zero-order valence-electron chi connectivity index (χ0n) is 4.57. The third kappa shape index (κ3) is 8.46. The second-order valence-electron chi connectivity index (χ2n) is 1.38. The van der Waals surface area contributed by atoms with Crippen LogP contribution in [0.25, 0.3) is 0 Å². The number of allylic oxidation sites excluding steroid dienone is 4. The van der Waals surface area contributed by atoms with Gasteiger partial charge in [-0.15, -0.1) is 0 Å². The minimum atomic E-state index is 0.530. The van der Waals surface area contributed by atoms with E-state index in [1.807, 2.05) is 0 Å². The van der Waals surface area contributed by atoms with Gasteiger partial charge in [-0.25, -0.2) is 0 Å².